The average Bonchev–Trinajstić information content (AvgIpc) is 2.90. The van der Waals surface area contributed by atoms with Crippen LogP contribution in [0.15, 0.2) is 24.3 Å². The third kappa shape index (κ3) is 4.55. The highest BCUT2D eigenvalue weighted by atomic mass is 19.1. The fourth-order valence-corrected chi connectivity index (χ4v) is 3.71. The van der Waals surface area contributed by atoms with Gasteiger partial charge in [-0.3, -0.25) is 19.3 Å². The molecule has 2 N–H and O–H groups in total. The van der Waals surface area contributed by atoms with Gasteiger partial charge in [0, 0.05) is 12.7 Å². The van der Waals surface area contributed by atoms with Crippen molar-refractivity contribution in [2.45, 2.75) is 38.1 Å². The summed E-state index contributed by atoms with van der Waals surface area (Å²) in [6, 6.07) is 4.68. The largest absolute Gasteiger partial charge is 0.335 e. The van der Waals surface area contributed by atoms with Crippen LogP contribution in [-0.4, -0.2) is 59.2 Å². The molecule has 0 radical (unpaired) electrons. The Labute approximate surface area is 168 Å². The van der Waals surface area contributed by atoms with Crippen LogP contribution in [0.2, 0.25) is 0 Å². The molecule has 1 spiro atoms. The molecule has 5 amide bonds. The molecule has 1 heterocycles. The monoisotopic (exact) mass is 404 g/mol. The number of rotatable bonds is 5. The lowest BCUT2D eigenvalue weighted by molar-refractivity contribution is -0.139. The van der Waals surface area contributed by atoms with E-state index in [2.05, 4.69) is 17.6 Å². The number of halogens is 1. The number of nitrogens with zero attached hydrogens (tertiary/aromatic N) is 2. The summed E-state index contributed by atoms with van der Waals surface area (Å²) in [5, 5.41) is 5.33. The normalized spacial score (nSPS) is 23.8. The lowest BCUT2D eigenvalue weighted by Gasteiger charge is -2.33. The van der Waals surface area contributed by atoms with E-state index in [0.29, 0.717) is 24.4 Å². The smallest absolute Gasteiger partial charge is 0.325 e. The molecule has 0 aromatic heterocycles. The summed E-state index contributed by atoms with van der Waals surface area (Å²) in [7, 11) is 1.42. The number of urea groups is 1. The van der Waals surface area contributed by atoms with Gasteiger partial charge in [0.2, 0.25) is 11.8 Å². The van der Waals surface area contributed by atoms with E-state index < -0.39 is 35.7 Å². The second kappa shape index (κ2) is 8.18. The molecule has 2 fully saturated rings. The van der Waals surface area contributed by atoms with E-state index in [9.17, 15) is 23.6 Å². The number of hydrogen-bond donors (Lipinski definition) is 2. The maximum absolute atomic E-state index is 12.9. The topological polar surface area (TPSA) is 98.8 Å². The number of amides is 5. The minimum absolute atomic E-state index is 0.261. The van der Waals surface area contributed by atoms with Crippen molar-refractivity contribution in [1.29, 1.82) is 0 Å². The molecule has 2 aliphatic rings. The summed E-state index contributed by atoms with van der Waals surface area (Å²) in [6.45, 7) is 1.44. The molecule has 1 aliphatic heterocycles. The van der Waals surface area contributed by atoms with Crippen molar-refractivity contribution in [1.82, 2.24) is 15.1 Å². The van der Waals surface area contributed by atoms with Gasteiger partial charge in [-0.15, -0.1) is 0 Å². The highest BCUT2D eigenvalue weighted by Crippen LogP contribution is 2.36. The summed E-state index contributed by atoms with van der Waals surface area (Å²) in [5.41, 5.74) is -0.498. The standard InChI is InChI=1S/C20H25FN4O4/c1-13-7-9-20(10-8-13)18(28)25(19(29)23-20)12-17(27)24(2)11-16(26)22-15-5-3-14(21)4-6-15/h3-6,13H,7-12H2,1-2H3,(H,22,26)(H,23,29). The van der Waals surface area contributed by atoms with Crippen molar-refractivity contribution < 1.29 is 23.6 Å². The van der Waals surface area contributed by atoms with Crippen molar-refractivity contribution in [3.63, 3.8) is 0 Å². The minimum atomic E-state index is -0.900. The lowest BCUT2D eigenvalue weighted by Crippen LogP contribution is -2.50. The third-order valence-corrected chi connectivity index (χ3v) is 5.60. The van der Waals surface area contributed by atoms with Crippen LogP contribution in [-0.2, 0) is 14.4 Å². The number of imide groups is 1. The molecular formula is C20H25FN4O4. The minimum Gasteiger partial charge on any atom is -0.335 e. The summed E-state index contributed by atoms with van der Waals surface area (Å²) in [4.78, 5) is 51.8. The number of benzene rings is 1. The van der Waals surface area contributed by atoms with E-state index in [0.717, 1.165) is 22.6 Å². The zero-order valence-electron chi connectivity index (χ0n) is 16.5. The Morgan fingerprint density at radius 1 is 1.24 bits per heavy atom. The average molecular weight is 404 g/mol. The van der Waals surface area contributed by atoms with Crippen LogP contribution in [0.25, 0.3) is 0 Å². The highest BCUT2D eigenvalue weighted by Gasteiger charge is 2.52. The van der Waals surface area contributed by atoms with E-state index in [4.69, 9.17) is 0 Å². The van der Waals surface area contributed by atoms with Gasteiger partial charge in [0.1, 0.15) is 17.9 Å². The van der Waals surface area contributed by atoms with Crippen LogP contribution in [0, 0.1) is 11.7 Å². The molecule has 8 nitrogen and oxygen atoms in total. The van der Waals surface area contributed by atoms with Crippen LogP contribution < -0.4 is 10.6 Å². The molecule has 1 aromatic carbocycles. The number of likely N-dealkylation sites (N-methyl/N-ethyl adjacent to an activating group) is 1. The Morgan fingerprint density at radius 3 is 2.48 bits per heavy atom. The van der Waals surface area contributed by atoms with Gasteiger partial charge in [0.15, 0.2) is 0 Å². The molecule has 1 saturated heterocycles. The summed E-state index contributed by atoms with van der Waals surface area (Å²) >= 11 is 0. The predicted molar refractivity (Wildman–Crippen MR) is 103 cm³/mol. The number of nitrogens with one attached hydrogen (secondary N) is 2. The number of anilines is 1. The molecule has 0 bridgehead atoms. The second-order valence-electron chi connectivity index (χ2n) is 7.89. The van der Waals surface area contributed by atoms with E-state index in [-0.39, 0.29) is 12.5 Å². The molecule has 3 rings (SSSR count). The first kappa shape index (κ1) is 20.8. The van der Waals surface area contributed by atoms with E-state index in [1.807, 2.05) is 0 Å². The Hall–Kier alpha value is -2.97. The molecule has 1 aromatic rings. The zero-order valence-corrected chi connectivity index (χ0v) is 16.5. The number of hydrogen-bond acceptors (Lipinski definition) is 4. The van der Waals surface area contributed by atoms with Crippen molar-refractivity contribution >= 4 is 29.4 Å². The lowest BCUT2D eigenvalue weighted by atomic mass is 9.77. The van der Waals surface area contributed by atoms with Crippen molar-refractivity contribution in [2.24, 2.45) is 5.92 Å². The van der Waals surface area contributed by atoms with Gasteiger partial charge in [0.05, 0.1) is 6.54 Å². The Morgan fingerprint density at radius 2 is 1.86 bits per heavy atom. The maximum Gasteiger partial charge on any atom is 0.325 e. The van der Waals surface area contributed by atoms with Gasteiger partial charge < -0.3 is 15.5 Å². The summed E-state index contributed by atoms with van der Waals surface area (Å²) < 4.78 is 12.9. The molecule has 156 valence electrons. The van der Waals surface area contributed by atoms with E-state index >= 15 is 0 Å². The number of carbonyl (C=O) groups is 4. The zero-order chi connectivity index (χ0) is 21.2. The molecular weight excluding hydrogens is 379 g/mol. The van der Waals surface area contributed by atoms with Crippen molar-refractivity contribution in [3.8, 4) is 0 Å². The van der Waals surface area contributed by atoms with Crippen molar-refractivity contribution in [2.75, 3.05) is 25.5 Å². The first-order chi connectivity index (χ1) is 13.7. The summed E-state index contributed by atoms with van der Waals surface area (Å²) in [6.07, 6.45) is 2.83. The van der Waals surface area contributed by atoms with Gasteiger partial charge >= 0.3 is 6.03 Å². The molecule has 0 atom stereocenters. The predicted octanol–water partition coefficient (Wildman–Crippen LogP) is 1.72. The van der Waals surface area contributed by atoms with E-state index in [1.165, 1.54) is 31.3 Å². The first-order valence-corrected chi connectivity index (χ1v) is 9.64. The summed E-state index contributed by atoms with van der Waals surface area (Å²) in [5.74, 6) is -1.28. The SMILES string of the molecule is CC1CCC2(CC1)NC(=O)N(CC(=O)N(C)CC(=O)Nc1ccc(F)cc1)C2=O. The molecule has 0 unspecified atom stereocenters. The van der Waals surface area contributed by atoms with Crippen LogP contribution >= 0.6 is 0 Å². The van der Waals surface area contributed by atoms with Gasteiger partial charge in [-0.05, 0) is 55.9 Å². The Bertz CT molecular complexity index is 818. The highest BCUT2D eigenvalue weighted by molar-refractivity contribution is 6.09. The third-order valence-electron chi connectivity index (χ3n) is 5.60. The van der Waals surface area contributed by atoms with Crippen LogP contribution in [0.3, 0.4) is 0 Å². The first-order valence-electron chi connectivity index (χ1n) is 9.64. The maximum atomic E-state index is 12.9. The fraction of sp³-hybridized carbons (Fsp3) is 0.500. The molecule has 9 heteroatoms. The van der Waals surface area contributed by atoms with Crippen LogP contribution in [0.4, 0.5) is 14.9 Å². The second-order valence-corrected chi connectivity index (χ2v) is 7.89. The fourth-order valence-electron chi connectivity index (χ4n) is 3.71. The quantitative estimate of drug-likeness (QED) is 0.730. The van der Waals surface area contributed by atoms with Crippen LogP contribution in [0.1, 0.15) is 32.6 Å². The molecule has 29 heavy (non-hydrogen) atoms. The van der Waals surface area contributed by atoms with Gasteiger partial charge in [-0.2, -0.15) is 0 Å². The van der Waals surface area contributed by atoms with Crippen LogP contribution in [0.5, 0.6) is 0 Å². The van der Waals surface area contributed by atoms with E-state index in [1.54, 1.807) is 0 Å². The van der Waals surface area contributed by atoms with Gasteiger partial charge in [-0.25, -0.2) is 9.18 Å². The number of carbonyl (C=O) groups excluding carboxylic acids is 4. The Kier molecular flexibility index (Phi) is 5.86. The van der Waals surface area contributed by atoms with Gasteiger partial charge in [0.25, 0.3) is 5.91 Å². The molecule has 1 aliphatic carbocycles. The van der Waals surface area contributed by atoms with Gasteiger partial charge in [-0.1, -0.05) is 6.92 Å². The Balaban J connectivity index is 1.55. The van der Waals surface area contributed by atoms with Crippen molar-refractivity contribution in [3.05, 3.63) is 30.1 Å². The molecule has 1 saturated carbocycles.